The van der Waals surface area contributed by atoms with E-state index in [2.05, 4.69) is 0 Å². The largest absolute Gasteiger partial charge is 0.480 e. The van der Waals surface area contributed by atoms with E-state index in [-0.39, 0.29) is 5.91 Å². The number of rotatable bonds is 3. The Morgan fingerprint density at radius 1 is 1.30 bits per heavy atom. The van der Waals surface area contributed by atoms with Gasteiger partial charge in [-0.15, -0.1) is 11.8 Å². The van der Waals surface area contributed by atoms with Crippen LogP contribution in [0.15, 0.2) is 29.2 Å². The lowest BCUT2D eigenvalue weighted by Crippen LogP contribution is -2.57. The molecule has 0 radical (unpaired) electrons. The lowest BCUT2D eigenvalue weighted by atomic mass is 9.88. The topological polar surface area (TPSA) is 57.6 Å². The van der Waals surface area contributed by atoms with Gasteiger partial charge in [0.2, 0.25) is 0 Å². The third kappa shape index (κ3) is 2.54. The number of aliphatic carboxylic acids is 1. The second-order valence-corrected chi connectivity index (χ2v) is 6.04. The van der Waals surface area contributed by atoms with Gasteiger partial charge >= 0.3 is 5.97 Å². The molecule has 0 aliphatic carbocycles. The molecular formula is C15H19NO3S. The van der Waals surface area contributed by atoms with Crippen LogP contribution in [0.4, 0.5) is 0 Å². The summed E-state index contributed by atoms with van der Waals surface area (Å²) >= 11 is 1.50. The summed E-state index contributed by atoms with van der Waals surface area (Å²) in [6.07, 6.45) is 4.13. The Balaban J connectivity index is 2.38. The number of thioether (sulfide) groups is 1. The second kappa shape index (κ2) is 5.87. The molecule has 0 bridgehead atoms. The van der Waals surface area contributed by atoms with E-state index < -0.39 is 11.5 Å². The molecule has 1 N–H and O–H groups in total. The quantitative estimate of drug-likeness (QED) is 0.871. The van der Waals surface area contributed by atoms with E-state index >= 15 is 0 Å². The number of carboxylic acid groups (broad SMARTS) is 1. The first-order chi connectivity index (χ1) is 9.50. The van der Waals surface area contributed by atoms with Gasteiger partial charge in [0, 0.05) is 11.4 Å². The summed E-state index contributed by atoms with van der Waals surface area (Å²) in [6.45, 7) is 2.15. The number of carbonyl (C=O) groups excluding carboxylic acids is 1. The lowest BCUT2D eigenvalue weighted by Gasteiger charge is -2.41. The highest BCUT2D eigenvalue weighted by Gasteiger charge is 2.44. The normalized spacial score (nSPS) is 22.6. The number of hydrogen-bond acceptors (Lipinski definition) is 3. The first-order valence-corrected chi connectivity index (χ1v) is 7.91. The van der Waals surface area contributed by atoms with Crippen molar-refractivity contribution in [2.24, 2.45) is 0 Å². The van der Waals surface area contributed by atoms with Crippen LogP contribution in [-0.4, -0.2) is 40.2 Å². The predicted octanol–water partition coefficient (Wildman–Crippen LogP) is 2.88. The van der Waals surface area contributed by atoms with Crippen LogP contribution < -0.4 is 0 Å². The minimum atomic E-state index is -1.10. The average Bonchev–Trinajstić information content (AvgIpc) is 2.47. The standard InChI is InChI=1S/C15H19NO3S/c1-15(14(18)19)9-5-6-10-16(15)13(17)11-7-3-4-8-12(11)20-2/h3-4,7-8H,5-6,9-10H2,1-2H3,(H,18,19). The summed E-state index contributed by atoms with van der Waals surface area (Å²) in [5.41, 5.74) is -0.504. The minimum Gasteiger partial charge on any atom is -0.480 e. The van der Waals surface area contributed by atoms with Gasteiger partial charge in [-0.25, -0.2) is 4.79 Å². The molecule has 1 unspecified atom stereocenters. The van der Waals surface area contributed by atoms with E-state index in [1.807, 2.05) is 24.5 Å². The van der Waals surface area contributed by atoms with Crippen molar-refractivity contribution in [3.8, 4) is 0 Å². The summed E-state index contributed by atoms with van der Waals surface area (Å²) < 4.78 is 0. The Hall–Kier alpha value is -1.49. The SMILES string of the molecule is CSc1ccccc1C(=O)N1CCCCC1(C)C(=O)O. The number of carbonyl (C=O) groups is 2. The maximum absolute atomic E-state index is 12.7. The third-order valence-corrected chi connectivity index (χ3v) is 4.73. The molecule has 1 aliphatic heterocycles. The second-order valence-electron chi connectivity index (χ2n) is 5.19. The number of likely N-dealkylation sites (tertiary alicyclic amines) is 1. The number of amides is 1. The zero-order valence-corrected chi connectivity index (χ0v) is 12.6. The van der Waals surface area contributed by atoms with Gasteiger partial charge in [0.05, 0.1) is 5.56 Å². The Bertz CT molecular complexity index is 532. The van der Waals surface area contributed by atoms with Gasteiger partial charge in [-0.2, -0.15) is 0 Å². The fourth-order valence-corrected chi connectivity index (χ4v) is 3.23. The van der Waals surface area contributed by atoms with Crippen LogP contribution in [0.25, 0.3) is 0 Å². The summed E-state index contributed by atoms with van der Waals surface area (Å²) in [5.74, 6) is -1.10. The molecule has 20 heavy (non-hydrogen) atoms. The van der Waals surface area contributed by atoms with Crippen molar-refractivity contribution in [1.29, 1.82) is 0 Å². The summed E-state index contributed by atoms with van der Waals surface area (Å²) in [5, 5.41) is 9.49. The number of benzene rings is 1. The van der Waals surface area contributed by atoms with Gasteiger partial charge in [0.1, 0.15) is 5.54 Å². The van der Waals surface area contributed by atoms with Gasteiger partial charge in [0.15, 0.2) is 0 Å². The molecule has 0 saturated carbocycles. The maximum atomic E-state index is 12.7. The highest BCUT2D eigenvalue weighted by Crippen LogP contribution is 2.31. The molecule has 1 saturated heterocycles. The number of nitrogens with zero attached hydrogens (tertiary/aromatic N) is 1. The fourth-order valence-electron chi connectivity index (χ4n) is 2.64. The summed E-state index contributed by atoms with van der Waals surface area (Å²) in [7, 11) is 0. The van der Waals surface area contributed by atoms with Crippen molar-refractivity contribution in [3.63, 3.8) is 0 Å². The molecular weight excluding hydrogens is 274 g/mol. The molecule has 0 aromatic heterocycles. The minimum absolute atomic E-state index is 0.181. The van der Waals surface area contributed by atoms with Crippen LogP contribution >= 0.6 is 11.8 Å². The number of piperidine rings is 1. The van der Waals surface area contributed by atoms with Crippen LogP contribution in [0.3, 0.4) is 0 Å². The maximum Gasteiger partial charge on any atom is 0.329 e. The van der Waals surface area contributed by atoms with E-state index in [1.165, 1.54) is 16.7 Å². The summed E-state index contributed by atoms with van der Waals surface area (Å²) in [6, 6.07) is 7.36. The molecule has 2 rings (SSSR count). The van der Waals surface area contributed by atoms with Gasteiger partial charge in [-0.05, 0) is 44.6 Å². The van der Waals surface area contributed by atoms with Gasteiger partial charge in [-0.3, -0.25) is 4.79 Å². The molecule has 1 amide bonds. The Morgan fingerprint density at radius 2 is 2.00 bits per heavy atom. The van der Waals surface area contributed by atoms with Crippen molar-refractivity contribution in [2.45, 2.75) is 36.6 Å². The molecule has 1 aromatic carbocycles. The van der Waals surface area contributed by atoms with E-state index in [0.29, 0.717) is 18.5 Å². The molecule has 1 aromatic rings. The van der Waals surface area contributed by atoms with Crippen LogP contribution in [0.2, 0.25) is 0 Å². The Kier molecular flexibility index (Phi) is 4.38. The van der Waals surface area contributed by atoms with Crippen LogP contribution in [0, 0.1) is 0 Å². The molecule has 1 fully saturated rings. The van der Waals surface area contributed by atoms with Crippen LogP contribution in [0.5, 0.6) is 0 Å². The third-order valence-electron chi connectivity index (χ3n) is 3.93. The highest BCUT2D eigenvalue weighted by molar-refractivity contribution is 7.98. The van der Waals surface area contributed by atoms with E-state index in [4.69, 9.17) is 0 Å². The van der Waals surface area contributed by atoms with Gasteiger partial charge < -0.3 is 10.0 Å². The molecule has 1 atom stereocenters. The van der Waals surface area contributed by atoms with Gasteiger partial charge in [-0.1, -0.05) is 12.1 Å². The molecule has 0 spiro atoms. The fraction of sp³-hybridized carbons (Fsp3) is 0.467. The lowest BCUT2D eigenvalue weighted by molar-refractivity contribution is -0.150. The van der Waals surface area contributed by atoms with Crippen molar-refractivity contribution in [1.82, 2.24) is 4.90 Å². The zero-order chi connectivity index (χ0) is 14.8. The van der Waals surface area contributed by atoms with Gasteiger partial charge in [0.25, 0.3) is 5.91 Å². The predicted molar refractivity (Wildman–Crippen MR) is 79.2 cm³/mol. The van der Waals surface area contributed by atoms with E-state index in [1.54, 1.807) is 13.0 Å². The molecule has 5 heteroatoms. The van der Waals surface area contributed by atoms with Crippen molar-refractivity contribution in [2.75, 3.05) is 12.8 Å². The highest BCUT2D eigenvalue weighted by atomic mass is 32.2. The number of hydrogen-bond donors (Lipinski definition) is 1. The van der Waals surface area contributed by atoms with Crippen LogP contribution in [0.1, 0.15) is 36.5 Å². The van der Waals surface area contributed by atoms with Crippen molar-refractivity contribution in [3.05, 3.63) is 29.8 Å². The monoisotopic (exact) mass is 293 g/mol. The first-order valence-electron chi connectivity index (χ1n) is 6.69. The zero-order valence-electron chi connectivity index (χ0n) is 11.8. The molecule has 1 heterocycles. The van der Waals surface area contributed by atoms with E-state index in [0.717, 1.165) is 17.7 Å². The smallest absolute Gasteiger partial charge is 0.329 e. The van der Waals surface area contributed by atoms with E-state index in [9.17, 15) is 14.7 Å². The van der Waals surface area contributed by atoms with Crippen molar-refractivity contribution < 1.29 is 14.7 Å². The summed E-state index contributed by atoms with van der Waals surface area (Å²) in [4.78, 5) is 26.7. The average molecular weight is 293 g/mol. The van der Waals surface area contributed by atoms with Crippen LogP contribution in [-0.2, 0) is 4.79 Å². The molecule has 108 valence electrons. The molecule has 1 aliphatic rings. The molecule has 4 nitrogen and oxygen atoms in total. The number of carboxylic acids is 1. The van der Waals surface area contributed by atoms with Crippen molar-refractivity contribution >= 4 is 23.6 Å². The Labute approximate surface area is 123 Å². The Morgan fingerprint density at radius 3 is 2.65 bits per heavy atom. The first kappa shape index (κ1) is 14.9.